The molecule has 0 bridgehead atoms. The number of aromatic nitrogens is 1. The molecule has 0 atom stereocenters. The highest BCUT2D eigenvalue weighted by Gasteiger charge is 2.31. The van der Waals surface area contributed by atoms with Gasteiger partial charge in [0.25, 0.3) is 5.56 Å². The number of aryl methyl sites for hydroxylation is 1. The van der Waals surface area contributed by atoms with E-state index in [4.69, 9.17) is 4.42 Å². The normalized spacial score (nSPS) is 13.8. The fourth-order valence-corrected chi connectivity index (χ4v) is 6.20. The molecule has 0 aliphatic heterocycles. The number of hydrogen-bond donors (Lipinski definition) is 0. The molecular weight excluding hydrogens is 505 g/mol. The molecule has 0 N–H and O–H groups in total. The van der Waals surface area contributed by atoms with Gasteiger partial charge < -0.3 is 8.98 Å². The van der Waals surface area contributed by atoms with Crippen molar-refractivity contribution in [1.29, 1.82) is 0 Å². The van der Waals surface area contributed by atoms with E-state index in [1.54, 1.807) is 42.7 Å². The summed E-state index contributed by atoms with van der Waals surface area (Å²) in [6.07, 6.45) is 2.97. The second-order valence-corrected chi connectivity index (χ2v) is 12.6. The highest BCUT2D eigenvalue weighted by molar-refractivity contribution is 7.89. The molecule has 2 heterocycles. The lowest BCUT2D eigenvalue weighted by atomic mass is 9.91. The van der Waals surface area contributed by atoms with Crippen LogP contribution in [0.5, 0.6) is 0 Å². The molecule has 1 aliphatic carbocycles. The number of pyridine rings is 1. The Hall–Kier alpha value is -3.52. The number of rotatable bonds is 6. The van der Waals surface area contributed by atoms with E-state index in [2.05, 4.69) is 0 Å². The van der Waals surface area contributed by atoms with E-state index >= 15 is 0 Å². The van der Waals surface area contributed by atoms with Crippen LogP contribution < -0.4 is 11.2 Å². The van der Waals surface area contributed by atoms with Crippen molar-refractivity contribution in [2.45, 2.75) is 58.8 Å². The second kappa shape index (κ2) is 9.34. The average molecular weight is 536 g/mol. The molecule has 6 nitrogen and oxygen atoms in total. The van der Waals surface area contributed by atoms with Gasteiger partial charge in [0.1, 0.15) is 5.82 Å². The highest BCUT2D eigenvalue weighted by Crippen LogP contribution is 2.41. The van der Waals surface area contributed by atoms with Gasteiger partial charge in [0, 0.05) is 35.5 Å². The van der Waals surface area contributed by atoms with Crippen LogP contribution in [-0.4, -0.2) is 19.2 Å². The molecule has 2 aromatic carbocycles. The minimum Gasteiger partial charge on any atom is -0.422 e. The Morgan fingerprint density at radius 1 is 1.00 bits per heavy atom. The van der Waals surface area contributed by atoms with Crippen LogP contribution in [0.4, 0.5) is 4.39 Å². The largest absolute Gasteiger partial charge is 0.422 e. The standard InChI is InChI=1S/C30H30FNO5S/c1-16-9-10-20(25(31)13-16)14-24-18(3)30(34)37-28-26(19(4)32(22-11-12-22)29(33)27(24)28)23-8-6-7-21(17(23)2)15-38(5,35)36/h6-10,13,22H,11-12,14-15H2,1-5H3. The number of nitrogens with zero attached hydrogens (tertiary/aromatic N) is 1. The van der Waals surface area contributed by atoms with Crippen molar-refractivity contribution in [1.82, 2.24) is 4.57 Å². The summed E-state index contributed by atoms with van der Waals surface area (Å²) < 4.78 is 46.7. The van der Waals surface area contributed by atoms with Gasteiger partial charge in [-0.15, -0.1) is 0 Å². The van der Waals surface area contributed by atoms with Crippen LogP contribution >= 0.6 is 0 Å². The fourth-order valence-electron chi connectivity index (χ4n) is 5.32. The molecular formula is C30H30FNO5S. The van der Waals surface area contributed by atoms with Crippen molar-refractivity contribution in [3.05, 3.63) is 102 Å². The van der Waals surface area contributed by atoms with Gasteiger partial charge in [-0.1, -0.05) is 30.3 Å². The molecule has 1 aliphatic rings. The number of benzene rings is 2. The first-order valence-corrected chi connectivity index (χ1v) is 14.7. The van der Waals surface area contributed by atoms with Crippen molar-refractivity contribution < 1.29 is 17.2 Å². The second-order valence-electron chi connectivity index (χ2n) is 10.5. The Labute approximate surface area is 220 Å². The van der Waals surface area contributed by atoms with Crippen molar-refractivity contribution in [3.63, 3.8) is 0 Å². The number of hydrogen-bond acceptors (Lipinski definition) is 5. The molecule has 5 rings (SSSR count). The van der Waals surface area contributed by atoms with Crippen molar-refractivity contribution in [3.8, 4) is 11.1 Å². The third kappa shape index (κ3) is 4.62. The summed E-state index contributed by atoms with van der Waals surface area (Å²) in [5.41, 5.74) is 4.50. The molecule has 198 valence electrons. The SMILES string of the molecule is Cc1ccc(Cc2c(C)c(=O)oc3c(-c4cccc(CS(C)(=O)=O)c4C)c(C)n(C4CC4)c(=O)c23)c(F)c1. The lowest BCUT2D eigenvalue weighted by molar-refractivity contribution is 0.549. The molecule has 0 saturated heterocycles. The van der Waals surface area contributed by atoms with E-state index in [1.807, 2.05) is 19.9 Å². The first kappa shape index (κ1) is 26.1. The average Bonchev–Trinajstić information content (AvgIpc) is 3.65. The van der Waals surface area contributed by atoms with E-state index in [-0.39, 0.29) is 40.3 Å². The molecule has 8 heteroatoms. The van der Waals surface area contributed by atoms with Gasteiger partial charge in [-0.05, 0) is 80.0 Å². The van der Waals surface area contributed by atoms with Gasteiger partial charge in [-0.3, -0.25) is 4.79 Å². The molecule has 38 heavy (non-hydrogen) atoms. The summed E-state index contributed by atoms with van der Waals surface area (Å²) in [5, 5.41) is 0.266. The quantitative estimate of drug-likeness (QED) is 0.327. The van der Waals surface area contributed by atoms with Gasteiger partial charge in [-0.25, -0.2) is 17.6 Å². The smallest absolute Gasteiger partial charge is 0.339 e. The molecule has 1 fully saturated rings. The summed E-state index contributed by atoms with van der Waals surface area (Å²) in [7, 11) is -3.29. The van der Waals surface area contributed by atoms with E-state index in [0.717, 1.165) is 24.0 Å². The molecule has 0 spiro atoms. The van der Waals surface area contributed by atoms with Crippen LogP contribution in [0.3, 0.4) is 0 Å². The Bertz CT molecular complexity index is 1850. The van der Waals surface area contributed by atoms with E-state index in [9.17, 15) is 22.4 Å². The minimum absolute atomic E-state index is 0.0290. The third-order valence-corrected chi connectivity index (χ3v) is 8.32. The first-order valence-electron chi connectivity index (χ1n) is 12.6. The minimum atomic E-state index is -3.29. The summed E-state index contributed by atoms with van der Waals surface area (Å²) >= 11 is 0. The van der Waals surface area contributed by atoms with Crippen molar-refractivity contribution in [2.24, 2.45) is 0 Å². The predicted molar refractivity (Wildman–Crippen MR) is 147 cm³/mol. The Morgan fingerprint density at radius 3 is 2.34 bits per heavy atom. The zero-order valence-corrected chi connectivity index (χ0v) is 23.0. The van der Waals surface area contributed by atoms with Gasteiger partial charge in [0.05, 0.1) is 11.1 Å². The number of sulfone groups is 1. The van der Waals surface area contributed by atoms with E-state index in [1.165, 1.54) is 12.3 Å². The maximum Gasteiger partial charge on any atom is 0.339 e. The van der Waals surface area contributed by atoms with E-state index in [0.29, 0.717) is 33.5 Å². The summed E-state index contributed by atoms with van der Waals surface area (Å²) in [6.45, 7) is 7.07. The summed E-state index contributed by atoms with van der Waals surface area (Å²) in [5.74, 6) is -0.530. The zero-order chi connectivity index (χ0) is 27.5. The van der Waals surface area contributed by atoms with Gasteiger partial charge in [0.15, 0.2) is 15.4 Å². The summed E-state index contributed by atoms with van der Waals surface area (Å²) in [4.78, 5) is 27.1. The van der Waals surface area contributed by atoms with Gasteiger partial charge in [-0.2, -0.15) is 0 Å². The maximum atomic E-state index is 14.9. The molecule has 0 amide bonds. The lowest BCUT2D eigenvalue weighted by Gasteiger charge is -2.20. The molecule has 4 aromatic rings. The van der Waals surface area contributed by atoms with Crippen LogP contribution in [-0.2, 0) is 22.0 Å². The number of halogens is 1. The van der Waals surface area contributed by atoms with Crippen molar-refractivity contribution >= 4 is 20.8 Å². The molecule has 0 unspecified atom stereocenters. The molecule has 1 saturated carbocycles. The summed E-state index contributed by atoms with van der Waals surface area (Å²) in [6, 6.07) is 10.3. The van der Waals surface area contributed by atoms with Crippen LogP contribution in [0.1, 0.15) is 58.0 Å². The highest BCUT2D eigenvalue weighted by atomic mass is 32.2. The van der Waals surface area contributed by atoms with Crippen LogP contribution in [0, 0.1) is 33.5 Å². The van der Waals surface area contributed by atoms with Crippen LogP contribution in [0.15, 0.2) is 50.4 Å². The Kier molecular flexibility index (Phi) is 6.42. The fraction of sp³-hybridized carbons (Fsp3) is 0.333. The monoisotopic (exact) mass is 535 g/mol. The van der Waals surface area contributed by atoms with Gasteiger partial charge in [0.2, 0.25) is 0 Å². The predicted octanol–water partition coefficient (Wildman–Crippen LogP) is 5.46. The lowest BCUT2D eigenvalue weighted by Crippen LogP contribution is -2.26. The number of fused-ring (bicyclic) bond motifs is 1. The van der Waals surface area contributed by atoms with E-state index < -0.39 is 21.3 Å². The Balaban J connectivity index is 1.88. The molecule has 2 aromatic heterocycles. The zero-order valence-electron chi connectivity index (χ0n) is 22.1. The maximum absolute atomic E-state index is 14.9. The molecule has 0 radical (unpaired) electrons. The topological polar surface area (TPSA) is 86.3 Å². The first-order chi connectivity index (χ1) is 17.9. The van der Waals surface area contributed by atoms with Crippen LogP contribution in [0.2, 0.25) is 0 Å². The van der Waals surface area contributed by atoms with Crippen LogP contribution in [0.25, 0.3) is 22.1 Å². The van der Waals surface area contributed by atoms with Crippen molar-refractivity contribution in [2.75, 3.05) is 6.26 Å². The van der Waals surface area contributed by atoms with Gasteiger partial charge >= 0.3 is 5.63 Å². The third-order valence-electron chi connectivity index (χ3n) is 7.49. The Morgan fingerprint density at radius 2 is 1.71 bits per heavy atom.